The molecule has 0 saturated carbocycles. The topological polar surface area (TPSA) is 127 Å². The van der Waals surface area contributed by atoms with Crippen LogP contribution in [0.2, 0.25) is 18.1 Å². The quantitative estimate of drug-likeness (QED) is 0.137. The molecule has 0 unspecified atom stereocenters. The Morgan fingerprint density at radius 1 is 0.977 bits per heavy atom. The van der Waals surface area contributed by atoms with Crippen molar-refractivity contribution in [1.29, 1.82) is 0 Å². The van der Waals surface area contributed by atoms with Gasteiger partial charge in [0.15, 0.2) is 19.7 Å². The molecule has 3 aromatic rings. The maximum atomic E-state index is 13.5. The van der Waals surface area contributed by atoms with Gasteiger partial charge in [-0.1, -0.05) is 20.8 Å². The van der Waals surface area contributed by atoms with Gasteiger partial charge in [-0.05, 0) is 49.7 Å². The van der Waals surface area contributed by atoms with Crippen LogP contribution in [0.15, 0.2) is 18.2 Å². The number of anilines is 1. The number of H-pyrrole nitrogens is 1. The fourth-order valence-electron chi connectivity index (χ4n) is 3.60. The van der Waals surface area contributed by atoms with Gasteiger partial charge in [-0.2, -0.15) is 36.5 Å². The molecule has 0 fully saturated rings. The number of aromatic amines is 1. The van der Waals surface area contributed by atoms with E-state index in [0.717, 1.165) is 6.07 Å². The van der Waals surface area contributed by atoms with E-state index in [2.05, 4.69) is 56.8 Å². The van der Waals surface area contributed by atoms with Crippen molar-refractivity contribution in [2.24, 2.45) is 0 Å². The van der Waals surface area contributed by atoms with Crippen molar-refractivity contribution in [3.8, 4) is 17.1 Å². The lowest BCUT2D eigenvalue weighted by Crippen LogP contribution is -2.41. The molecule has 0 aliphatic carbocycles. The highest BCUT2D eigenvalue weighted by molar-refractivity contribution is 6.74. The molecule has 0 aromatic carbocycles. The third-order valence-electron chi connectivity index (χ3n) is 6.87. The first-order valence-electron chi connectivity index (χ1n) is 13.1. The van der Waals surface area contributed by atoms with E-state index in [9.17, 15) is 31.1 Å². The average molecular weight is 634 g/mol. The lowest BCUT2D eigenvalue weighted by Gasteiger charge is -2.36. The number of carbonyl (C=O) groups is 1. The number of alkyl halides is 6. The second kappa shape index (κ2) is 12.5. The lowest BCUT2D eigenvalue weighted by atomic mass is 10.0. The Bertz CT molecular complexity index is 1450. The number of halogens is 6. The number of aryl methyl sites for hydroxylation is 2. The minimum atomic E-state index is -4.81. The SMILES string of the molecule is Cc1cc(CNC(=O)Nc2cc(OCCO[Si](C)(C)C(C)(C)C)nc(C(F)(F)F)c2)nnc1-c1c(C(F)(F)F)n[nH]c1C. The van der Waals surface area contributed by atoms with E-state index in [4.69, 9.17) is 9.16 Å². The number of aromatic nitrogens is 5. The third-order valence-corrected chi connectivity index (χ3v) is 11.4. The number of nitrogens with one attached hydrogen (secondary N) is 3. The van der Waals surface area contributed by atoms with Gasteiger partial charge in [0.2, 0.25) is 5.88 Å². The van der Waals surface area contributed by atoms with Crippen LogP contribution in [-0.4, -0.2) is 52.9 Å². The van der Waals surface area contributed by atoms with Gasteiger partial charge in [0.05, 0.1) is 30.1 Å². The highest BCUT2D eigenvalue weighted by atomic mass is 28.4. The number of amides is 2. The maximum Gasteiger partial charge on any atom is 0.435 e. The number of hydrogen-bond donors (Lipinski definition) is 3. The molecule has 236 valence electrons. The number of carbonyl (C=O) groups excluding carboxylic acids is 1. The molecule has 0 bridgehead atoms. The highest BCUT2D eigenvalue weighted by Gasteiger charge is 2.39. The summed E-state index contributed by atoms with van der Waals surface area (Å²) in [6.07, 6.45) is -9.52. The van der Waals surface area contributed by atoms with Crippen molar-refractivity contribution in [1.82, 2.24) is 30.7 Å². The highest BCUT2D eigenvalue weighted by Crippen LogP contribution is 2.38. The van der Waals surface area contributed by atoms with E-state index in [0.29, 0.717) is 11.6 Å². The zero-order chi connectivity index (χ0) is 32.4. The molecule has 17 heteroatoms. The minimum absolute atomic E-state index is 0.0366. The number of hydrogen-bond acceptors (Lipinski definition) is 7. The van der Waals surface area contributed by atoms with Gasteiger partial charge in [-0.3, -0.25) is 5.10 Å². The molecule has 3 heterocycles. The van der Waals surface area contributed by atoms with Gasteiger partial charge in [-0.15, -0.1) is 5.10 Å². The number of ether oxygens (including phenoxy) is 1. The van der Waals surface area contributed by atoms with Gasteiger partial charge < -0.3 is 19.8 Å². The van der Waals surface area contributed by atoms with E-state index >= 15 is 0 Å². The summed E-state index contributed by atoms with van der Waals surface area (Å²) >= 11 is 0. The van der Waals surface area contributed by atoms with Crippen molar-refractivity contribution in [2.45, 2.75) is 71.6 Å². The van der Waals surface area contributed by atoms with E-state index in [1.54, 1.807) is 0 Å². The van der Waals surface area contributed by atoms with Crippen molar-refractivity contribution in [3.05, 3.63) is 46.5 Å². The summed E-state index contributed by atoms with van der Waals surface area (Å²) in [5.74, 6) is -0.353. The first kappa shape index (κ1) is 33.8. The predicted octanol–water partition coefficient (Wildman–Crippen LogP) is 6.64. The average Bonchev–Trinajstić information content (AvgIpc) is 3.26. The van der Waals surface area contributed by atoms with Crippen molar-refractivity contribution in [2.75, 3.05) is 18.5 Å². The molecule has 0 aliphatic heterocycles. The molecule has 3 rings (SSSR count). The van der Waals surface area contributed by atoms with Gasteiger partial charge in [0.25, 0.3) is 0 Å². The maximum absolute atomic E-state index is 13.5. The van der Waals surface area contributed by atoms with Crippen LogP contribution in [0.1, 0.15) is 49.1 Å². The van der Waals surface area contributed by atoms with Crippen LogP contribution in [0.3, 0.4) is 0 Å². The van der Waals surface area contributed by atoms with E-state index in [-0.39, 0.29) is 59.0 Å². The smallest absolute Gasteiger partial charge is 0.435 e. The summed E-state index contributed by atoms with van der Waals surface area (Å²) in [6, 6.07) is 2.36. The van der Waals surface area contributed by atoms with Gasteiger partial charge in [0, 0.05) is 17.4 Å². The Kier molecular flexibility index (Phi) is 9.80. The third kappa shape index (κ3) is 8.65. The largest absolute Gasteiger partial charge is 0.475 e. The van der Waals surface area contributed by atoms with Crippen LogP contribution < -0.4 is 15.4 Å². The first-order valence-corrected chi connectivity index (χ1v) is 16.0. The molecular weight excluding hydrogens is 600 g/mol. The van der Waals surface area contributed by atoms with Crippen LogP contribution in [0, 0.1) is 13.8 Å². The fraction of sp³-hybridized carbons (Fsp3) is 0.500. The number of urea groups is 1. The lowest BCUT2D eigenvalue weighted by molar-refractivity contribution is -0.141. The van der Waals surface area contributed by atoms with Gasteiger partial charge >= 0.3 is 18.4 Å². The molecule has 0 atom stereocenters. The molecule has 43 heavy (non-hydrogen) atoms. The summed E-state index contributed by atoms with van der Waals surface area (Å²) in [5.41, 5.74) is -2.22. The molecule has 3 N–H and O–H groups in total. The zero-order valence-electron chi connectivity index (χ0n) is 24.6. The van der Waals surface area contributed by atoms with Crippen LogP contribution >= 0.6 is 0 Å². The fourth-order valence-corrected chi connectivity index (χ4v) is 4.63. The molecule has 0 saturated heterocycles. The molecule has 0 spiro atoms. The summed E-state index contributed by atoms with van der Waals surface area (Å²) in [5, 5.41) is 18.1. The predicted molar refractivity (Wildman–Crippen MR) is 148 cm³/mol. The Morgan fingerprint density at radius 2 is 1.65 bits per heavy atom. The van der Waals surface area contributed by atoms with Crippen molar-refractivity contribution in [3.63, 3.8) is 0 Å². The summed E-state index contributed by atoms with van der Waals surface area (Å²) in [6.45, 7) is 13.0. The van der Waals surface area contributed by atoms with Gasteiger partial charge in [0.1, 0.15) is 6.61 Å². The normalized spacial score (nSPS) is 12.8. The summed E-state index contributed by atoms with van der Waals surface area (Å²) < 4.78 is 91.9. The second-order valence-electron chi connectivity index (χ2n) is 11.3. The number of nitrogens with zero attached hydrogens (tertiary/aromatic N) is 4. The van der Waals surface area contributed by atoms with E-state index < -0.39 is 38.1 Å². The standard InChI is InChI=1S/C26H33F6N7O3Si/c1-14-10-17(37-38-21(14)20-15(2)36-39-22(20)26(30,31)32)13-33-23(40)34-16-11-18(25(27,28)29)35-19(12-16)41-8-9-42-43(6,7)24(3,4)5/h10-12H,8-9,13H2,1-7H3,(H,36,39)(H2,33,34,35,40). The molecule has 10 nitrogen and oxygen atoms in total. The minimum Gasteiger partial charge on any atom is -0.475 e. The molecular formula is C26H33F6N7O3Si. The molecule has 2 amide bonds. The van der Waals surface area contributed by atoms with E-state index in [1.807, 2.05) is 13.1 Å². The van der Waals surface area contributed by atoms with Crippen LogP contribution in [0.25, 0.3) is 11.3 Å². The van der Waals surface area contributed by atoms with Crippen LogP contribution in [0.4, 0.5) is 36.8 Å². The first-order chi connectivity index (χ1) is 19.7. The summed E-state index contributed by atoms with van der Waals surface area (Å²) in [7, 11) is -2.09. The van der Waals surface area contributed by atoms with Gasteiger partial charge in [-0.25, -0.2) is 9.78 Å². The number of rotatable bonds is 9. The Morgan fingerprint density at radius 3 is 2.23 bits per heavy atom. The van der Waals surface area contributed by atoms with E-state index in [1.165, 1.54) is 19.9 Å². The van der Waals surface area contributed by atoms with Crippen molar-refractivity contribution >= 4 is 20.0 Å². The molecule has 3 aromatic heterocycles. The van der Waals surface area contributed by atoms with Crippen LogP contribution in [-0.2, 0) is 23.3 Å². The monoisotopic (exact) mass is 633 g/mol. The summed E-state index contributed by atoms with van der Waals surface area (Å²) in [4.78, 5) is 16.0. The van der Waals surface area contributed by atoms with Crippen LogP contribution in [0.5, 0.6) is 5.88 Å². The second-order valence-corrected chi connectivity index (χ2v) is 16.1. The zero-order valence-corrected chi connectivity index (χ0v) is 25.6. The Hall–Kier alpha value is -3.73. The molecule has 0 radical (unpaired) electrons. The number of pyridine rings is 1. The Balaban J connectivity index is 1.67. The van der Waals surface area contributed by atoms with Crippen molar-refractivity contribution < 1.29 is 40.3 Å². The Labute approximate surface area is 245 Å². The molecule has 0 aliphatic rings.